The van der Waals surface area contributed by atoms with E-state index in [1.54, 1.807) is 12.1 Å². The van der Waals surface area contributed by atoms with Crippen LogP contribution in [0.4, 0.5) is 4.39 Å². The van der Waals surface area contributed by atoms with Crippen LogP contribution in [0.1, 0.15) is 16.7 Å². The van der Waals surface area contributed by atoms with Gasteiger partial charge in [0.15, 0.2) is 12.0 Å². The van der Waals surface area contributed by atoms with Gasteiger partial charge in [0, 0.05) is 9.75 Å². The van der Waals surface area contributed by atoms with E-state index in [-0.39, 0.29) is 0 Å². The first-order valence-electron chi connectivity index (χ1n) is 3.28. The van der Waals surface area contributed by atoms with Crippen LogP contribution in [0.5, 0.6) is 0 Å². The Bertz CT molecular complexity index is 265. The van der Waals surface area contributed by atoms with Crippen molar-refractivity contribution >= 4 is 17.6 Å². The van der Waals surface area contributed by atoms with Gasteiger partial charge in [0.05, 0.1) is 0 Å². The molecule has 1 aromatic heterocycles. The number of carbonyl (C=O) groups excluding carboxylic acids is 1. The Kier molecular flexibility index (Phi) is 2.09. The number of aldehydes is 1. The molecule has 0 fully saturated rings. The van der Waals surface area contributed by atoms with Gasteiger partial charge < -0.3 is 0 Å². The summed E-state index contributed by atoms with van der Waals surface area (Å²) >= 11 is 1.31. The minimum Gasteiger partial charge on any atom is -0.299 e. The predicted octanol–water partition coefficient (Wildman–Crippen LogP) is 2.44. The summed E-state index contributed by atoms with van der Waals surface area (Å²) in [5, 5.41) is 0. The van der Waals surface area contributed by atoms with Crippen molar-refractivity contribution in [2.45, 2.75) is 19.5 Å². The van der Waals surface area contributed by atoms with Gasteiger partial charge in [-0.2, -0.15) is 0 Å². The van der Waals surface area contributed by atoms with E-state index in [0.29, 0.717) is 11.2 Å². The second-order valence-electron chi connectivity index (χ2n) is 2.60. The summed E-state index contributed by atoms with van der Waals surface area (Å²) in [4.78, 5) is 11.8. The average molecular weight is 172 g/mol. The number of thiophene rings is 1. The first-order valence-corrected chi connectivity index (χ1v) is 4.10. The lowest BCUT2D eigenvalue weighted by Gasteiger charge is -2.08. The zero-order valence-corrected chi connectivity index (χ0v) is 7.24. The van der Waals surface area contributed by atoms with Gasteiger partial charge in [0.25, 0.3) is 0 Å². The Balaban J connectivity index is 3.01. The number of rotatable bonds is 2. The van der Waals surface area contributed by atoms with Crippen LogP contribution in [0.25, 0.3) is 0 Å². The molecule has 3 heteroatoms. The molecular formula is C8H9FOS. The zero-order chi connectivity index (χ0) is 8.48. The summed E-state index contributed by atoms with van der Waals surface area (Å²) in [6.07, 6.45) is 0.332. The normalized spacial score (nSPS) is 15.9. The fourth-order valence-electron chi connectivity index (χ4n) is 0.755. The second-order valence-corrected chi connectivity index (χ2v) is 3.89. The molecule has 0 spiro atoms. The molecule has 0 aliphatic rings. The first kappa shape index (κ1) is 8.40. The van der Waals surface area contributed by atoms with Gasteiger partial charge in [0.1, 0.15) is 0 Å². The third-order valence-corrected chi connectivity index (χ3v) is 2.66. The molecule has 0 aromatic carbocycles. The van der Waals surface area contributed by atoms with E-state index in [2.05, 4.69) is 0 Å². The number of halogens is 1. The van der Waals surface area contributed by atoms with E-state index >= 15 is 0 Å². The Morgan fingerprint density at radius 1 is 1.64 bits per heavy atom. The molecular weight excluding hydrogens is 163 g/mol. The lowest BCUT2D eigenvalue weighted by Crippen LogP contribution is -2.14. The van der Waals surface area contributed by atoms with Gasteiger partial charge in [-0.15, -0.1) is 11.3 Å². The van der Waals surface area contributed by atoms with Crippen LogP contribution in [0.3, 0.4) is 0 Å². The smallest absolute Gasteiger partial charge is 0.196 e. The lowest BCUT2D eigenvalue weighted by atomic mass is 10.1. The molecule has 0 aliphatic carbocycles. The molecule has 1 unspecified atom stereocenters. The molecule has 0 aliphatic heterocycles. The highest BCUT2D eigenvalue weighted by Gasteiger charge is 2.26. The third kappa shape index (κ3) is 1.66. The summed E-state index contributed by atoms with van der Waals surface area (Å²) in [5.41, 5.74) is -1.81. The Hall–Kier alpha value is -0.700. The molecule has 1 heterocycles. The Morgan fingerprint density at radius 2 is 2.27 bits per heavy atom. The second kappa shape index (κ2) is 2.74. The molecule has 1 atom stereocenters. The SMILES string of the molecule is Cc1ccc(C(C)(F)C=O)s1. The standard InChI is InChI=1S/C8H9FOS/c1-6-3-4-7(11-6)8(2,9)5-10/h3-5H,1-2H3. The van der Waals surface area contributed by atoms with Gasteiger partial charge in [-0.25, -0.2) is 4.39 Å². The molecule has 11 heavy (non-hydrogen) atoms. The van der Waals surface area contributed by atoms with Gasteiger partial charge in [-0.3, -0.25) is 4.79 Å². The molecule has 0 N–H and O–H groups in total. The highest BCUT2D eigenvalue weighted by Crippen LogP contribution is 2.29. The van der Waals surface area contributed by atoms with E-state index in [4.69, 9.17) is 0 Å². The van der Waals surface area contributed by atoms with Gasteiger partial charge in [-0.1, -0.05) is 0 Å². The zero-order valence-electron chi connectivity index (χ0n) is 6.43. The van der Waals surface area contributed by atoms with Crippen LogP contribution in [0, 0.1) is 6.92 Å². The molecule has 60 valence electrons. The van der Waals surface area contributed by atoms with E-state index in [1.165, 1.54) is 18.3 Å². The maximum atomic E-state index is 13.2. The molecule has 0 saturated heterocycles. The van der Waals surface area contributed by atoms with Gasteiger partial charge >= 0.3 is 0 Å². The van der Waals surface area contributed by atoms with Crippen molar-refractivity contribution in [1.29, 1.82) is 0 Å². The summed E-state index contributed by atoms with van der Waals surface area (Å²) in [5.74, 6) is 0. The van der Waals surface area contributed by atoms with Crippen molar-refractivity contribution in [3.63, 3.8) is 0 Å². The third-order valence-electron chi connectivity index (χ3n) is 1.44. The molecule has 1 nitrogen and oxygen atoms in total. The van der Waals surface area contributed by atoms with E-state index in [9.17, 15) is 9.18 Å². The monoisotopic (exact) mass is 172 g/mol. The molecule has 0 radical (unpaired) electrons. The number of carbonyl (C=O) groups is 1. The van der Waals surface area contributed by atoms with Crippen LogP contribution in [-0.2, 0) is 10.5 Å². The fraction of sp³-hybridized carbons (Fsp3) is 0.375. The van der Waals surface area contributed by atoms with E-state index in [0.717, 1.165) is 4.88 Å². The molecule has 0 amide bonds. The van der Waals surface area contributed by atoms with Crippen molar-refractivity contribution in [1.82, 2.24) is 0 Å². The van der Waals surface area contributed by atoms with Crippen molar-refractivity contribution in [2.75, 3.05) is 0 Å². The fourth-order valence-corrected chi connectivity index (χ4v) is 1.62. The largest absolute Gasteiger partial charge is 0.299 e. The van der Waals surface area contributed by atoms with Crippen LogP contribution in [0.15, 0.2) is 12.1 Å². The minimum absolute atomic E-state index is 0.332. The van der Waals surface area contributed by atoms with Crippen molar-refractivity contribution < 1.29 is 9.18 Å². The average Bonchev–Trinajstić information content (AvgIpc) is 2.36. The highest BCUT2D eigenvalue weighted by atomic mass is 32.1. The highest BCUT2D eigenvalue weighted by molar-refractivity contribution is 7.12. The summed E-state index contributed by atoms with van der Waals surface area (Å²) in [7, 11) is 0. The summed E-state index contributed by atoms with van der Waals surface area (Å²) in [6.45, 7) is 3.15. The van der Waals surface area contributed by atoms with Crippen LogP contribution >= 0.6 is 11.3 Å². The first-order chi connectivity index (χ1) is 5.06. The van der Waals surface area contributed by atoms with Crippen LogP contribution in [-0.4, -0.2) is 6.29 Å². The van der Waals surface area contributed by atoms with E-state index in [1.807, 2.05) is 6.92 Å². The lowest BCUT2D eigenvalue weighted by molar-refractivity contribution is -0.117. The van der Waals surface area contributed by atoms with Gasteiger partial charge in [0.2, 0.25) is 0 Å². The van der Waals surface area contributed by atoms with Gasteiger partial charge in [-0.05, 0) is 26.0 Å². The minimum atomic E-state index is -1.81. The molecule has 0 saturated carbocycles. The molecule has 1 rings (SSSR count). The summed E-state index contributed by atoms with van der Waals surface area (Å²) in [6, 6.07) is 3.45. The number of alkyl halides is 1. The number of hydrogen-bond acceptors (Lipinski definition) is 2. The number of aryl methyl sites for hydroxylation is 1. The van der Waals surface area contributed by atoms with Crippen LogP contribution in [0.2, 0.25) is 0 Å². The van der Waals surface area contributed by atoms with Crippen molar-refractivity contribution in [3.8, 4) is 0 Å². The number of hydrogen-bond donors (Lipinski definition) is 0. The molecule has 1 aromatic rings. The van der Waals surface area contributed by atoms with Crippen molar-refractivity contribution in [3.05, 3.63) is 21.9 Å². The molecule has 0 bridgehead atoms. The quantitative estimate of drug-likeness (QED) is 0.626. The summed E-state index contributed by atoms with van der Waals surface area (Å²) < 4.78 is 13.2. The topological polar surface area (TPSA) is 17.1 Å². The Morgan fingerprint density at radius 3 is 2.64 bits per heavy atom. The predicted molar refractivity (Wildman–Crippen MR) is 43.6 cm³/mol. The van der Waals surface area contributed by atoms with Crippen LogP contribution < -0.4 is 0 Å². The van der Waals surface area contributed by atoms with E-state index < -0.39 is 5.67 Å². The maximum Gasteiger partial charge on any atom is 0.196 e. The Labute approximate surface area is 68.9 Å². The maximum absolute atomic E-state index is 13.2. The van der Waals surface area contributed by atoms with Crippen molar-refractivity contribution in [2.24, 2.45) is 0 Å².